The van der Waals surface area contributed by atoms with Crippen LogP contribution in [0.1, 0.15) is 33.6 Å². The summed E-state index contributed by atoms with van der Waals surface area (Å²) < 4.78 is 1.57. The number of fused-ring (bicyclic) bond motifs is 3. The third-order valence-corrected chi connectivity index (χ3v) is 7.14. The predicted octanol–water partition coefficient (Wildman–Crippen LogP) is 3.91. The molecule has 4 rings (SSSR count). The molecule has 150 valence electrons. The molecular formula is C21H20N2O4S2. The average Bonchev–Trinajstić information content (AvgIpc) is 3.09. The van der Waals surface area contributed by atoms with Crippen molar-refractivity contribution in [2.24, 2.45) is 0 Å². The summed E-state index contributed by atoms with van der Waals surface area (Å²) in [7, 11) is 0. The zero-order valence-corrected chi connectivity index (χ0v) is 17.3. The molecule has 0 unspecified atom stereocenters. The molecule has 2 heterocycles. The second-order valence-electron chi connectivity index (χ2n) is 6.91. The van der Waals surface area contributed by atoms with E-state index in [1.165, 1.54) is 34.8 Å². The number of aromatic hydroxyl groups is 2. The number of nitrogens with zero attached hydrogens (tertiary/aromatic N) is 2. The number of thiophene rings is 1. The minimum Gasteiger partial charge on any atom is -0.504 e. The molecule has 0 spiro atoms. The normalized spacial score (nSPS) is 13.4. The quantitative estimate of drug-likeness (QED) is 0.203. The zero-order chi connectivity index (χ0) is 20.5. The number of carbonyl (C=O) groups is 1. The van der Waals surface area contributed by atoms with Gasteiger partial charge in [0.15, 0.2) is 22.4 Å². The van der Waals surface area contributed by atoms with E-state index in [0.717, 1.165) is 36.1 Å². The molecule has 0 atom stereocenters. The van der Waals surface area contributed by atoms with Crippen LogP contribution >= 0.6 is 23.1 Å². The number of ketones is 1. The van der Waals surface area contributed by atoms with Crippen molar-refractivity contribution in [2.75, 3.05) is 5.75 Å². The van der Waals surface area contributed by atoms with Gasteiger partial charge in [0.2, 0.25) is 0 Å². The number of aryl methyl sites for hydroxylation is 2. The number of aromatic nitrogens is 2. The molecule has 2 N–H and O–H groups in total. The minimum absolute atomic E-state index is 0.0599. The lowest BCUT2D eigenvalue weighted by atomic mass is 9.97. The molecule has 6 nitrogen and oxygen atoms in total. The monoisotopic (exact) mass is 428 g/mol. The van der Waals surface area contributed by atoms with Crippen LogP contribution < -0.4 is 5.56 Å². The Bertz CT molecular complexity index is 1180. The minimum atomic E-state index is -0.340. The highest BCUT2D eigenvalue weighted by Crippen LogP contribution is 2.35. The number of rotatable bonds is 6. The summed E-state index contributed by atoms with van der Waals surface area (Å²) in [5.41, 5.74) is 1.35. The summed E-state index contributed by atoms with van der Waals surface area (Å²) in [5.74, 6) is -0.782. The van der Waals surface area contributed by atoms with Crippen molar-refractivity contribution >= 4 is 39.1 Å². The van der Waals surface area contributed by atoms with Gasteiger partial charge in [-0.25, -0.2) is 4.98 Å². The topological polar surface area (TPSA) is 92.4 Å². The average molecular weight is 429 g/mol. The number of allylic oxidation sites excluding steroid dienone is 1. The molecule has 0 radical (unpaired) electrons. The van der Waals surface area contributed by atoms with Gasteiger partial charge in [-0.05, 0) is 49.4 Å². The third-order valence-electron chi connectivity index (χ3n) is 4.98. The van der Waals surface area contributed by atoms with Gasteiger partial charge in [-0.2, -0.15) is 0 Å². The lowest BCUT2D eigenvalue weighted by Crippen LogP contribution is -2.23. The summed E-state index contributed by atoms with van der Waals surface area (Å²) in [4.78, 5) is 32.4. The first kappa shape index (κ1) is 19.7. The molecule has 0 aliphatic heterocycles. The van der Waals surface area contributed by atoms with E-state index in [0.29, 0.717) is 17.1 Å². The molecule has 0 fully saturated rings. The Balaban J connectivity index is 1.68. The molecule has 1 aromatic carbocycles. The summed E-state index contributed by atoms with van der Waals surface area (Å²) in [6.07, 6.45) is 5.77. The van der Waals surface area contributed by atoms with Crippen molar-refractivity contribution in [3.8, 4) is 11.5 Å². The van der Waals surface area contributed by atoms with Crippen LogP contribution in [0.25, 0.3) is 10.2 Å². The molecule has 0 saturated heterocycles. The number of hydrogen-bond acceptors (Lipinski definition) is 7. The lowest BCUT2D eigenvalue weighted by Gasteiger charge is -2.12. The van der Waals surface area contributed by atoms with E-state index >= 15 is 0 Å². The lowest BCUT2D eigenvalue weighted by molar-refractivity contribution is 0.102. The fourth-order valence-corrected chi connectivity index (χ4v) is 5.74. The van der Waals surface area contributed by atoms with E-state index < -0.39 is 0 Å². The van der Waals surface area contributed by atoms with Crippen LogP contribution in [0.2, 0.25) is 0 Å². The van der Waals surface area contributed by atoms with E-state index in [2.05, 4.69) is 6.58 Å². The molecule has 2 aromatic heterocycles. The molecule has 0 saturated carbocycles. The Hall–Kier alpha value is -2.58. The Morgan fingerprint density at radius 3 is 2.83 bits per heavy atom. The van der Waals surface area contributed by atoms with Gasteiger partial charge in [-0.1, -0.05) is 17.8 Å². The number of carbonyl (C=O) groups excluding carboxylic acids is 1. The van der Waals surface area contributed by atoms with E-state index in [1.54, 1.807) is 22.0 Å². The fraction of sp³-hybridized carbons (Fsp3) is 0.286. The number of Topliss-reactive ketones (excluding diaryl/α,β-unsaturated/α-hetero) is 1. The van der Waals surface area contributed by atoms with Gasteiger partial charge in [0.05, 0.1) is 11.1 Å². The third kappa shape index (κ3) is 3.70. The number of thioether (sulfide) groups is 1. The molecule has 1 aliphatic rings. The summed E-state index contributed by atoms with van der Waals surface area (Å²) in [6, 6.07) is 3.97. The van der Waals surface area contributed by atoms with Gasteiger partial charge in [0, 0.05) is 17.0 Å². The molecular weight excluding hydrogens is 408 g/mol. The van der Waals surface area contributed by atoms with Crippen molar-refractivity contribution in [1.82, 2.24) is 9.55 Å². The van der Waals surface area contributed by atoms with Crippen LogP contribution in [0.3, 0.4) is 0 Å². The summed E-state index contributed by atoms with van der Waals surface area (Å²) in [5, 5.41) is 20.2. The van der Waals surface area contributed by atoms with Crippen LogP contribution in [0, 0.1) is 0 Å². The second kappa shape index (κ2) is 8.04. The smallest absolute Gasteiger partial charge is 0.263 e. The maximum Gasteiger partial charge on any atom is 0.263 e. The molecule has 8 heteroatoms. The predicted molar refractivity (Wildman–Crippen MR) is 116 cm³/mol. The van der Waals surface area contributed by atoms with Crippen LogP contribution in [-0.4, -0.2) is 31.3 Å². The first-order valence-corrected chi connectivity index (χ1v) is 11.1. The Labute approximate surface area is 175 Å². The van der Waals surface area contributed by atoms with Gasteiger partial charge in [-0.15, -0.1) is 17.9 Å². The first-order valence-electron chi connectivity index (χ1n) is 9.33. The number of phenolic OH excluding ortho intramolecular Hbond substituents is 2. The second-order valence-corrected chi connectivity index (χ2v) is 8.93. The van der Waals surface area contributed by atoms with Crippen molar-refractivity contribution in [3.05, 3.63) is 57.2 Å². The highest BCUT2D eigenvalue weighted by Gasteiger charge is 2.22. The molecule has 3 aromatic rings. The molecule has 1 aliphatic carbocycles. The van der Waals surface area contributed by atoms with Gasteiger partial charge < -0.3 is 10.2 Å². The summed E-state index contributed by atoms with van der Waals surface area (Å²) in [6.45, 7) is 4.06. The van der Waals surface area contributed by atoms with Crippen LogP contribution in [0.15, 0.2) is 40.8 Å². The van der Waals surface area contributed by atoms with Gasteiger partial charge in [-0.3, -0.25) is 14.2 Å². The van der Waals surface area contributed by atoms with Gasteiger partial charge in [0.1, 0.15) is 4.83 Å². The SMILES string of the molecule is C=CCn1c(SCC(=O)c2ccc(O)c(O)c2)nc2sc3c(c2c1=O)CCCC3. The van der Waals surface area contributed by atoms with Gasteiger partial charge >= 0.3 is 0 Å². The standard InChI is InChI=1S/C21H20N2O4S2/c1-2-9-23-20(27)18-13-5-3-4-6-17(13)29-19(18)22-21(23)28-11-16(26)12-7-8-14(24)15(25)10-12/h2,7-8,10,24-25H,1,3-6,9,11H2. The fourth-order valence-electron chi connectivity index (χ4n) is 3.53. The van der Waals surface area contributed by atoms with Crippen LogP contribution in [0.5, 0.6) is 11.5 Å². The molecule has 0 amide bonds. The zero-order valence-electron chi connectivity index (χ0n) is 15.7. The van der Waals surface area contributed by atoms with E-state index in [9.17, 15) is 19.8 Å². The van der Waals surface area contributed by atoms with Crippen molar-refractivity contribution in [1.29, 1.82) is 0 Å². The Morgan fingerprint density at radius 2 is 2.07 bits per heavy atom. The summed E-state index contributed by atoms with van der Waals surface area (Å²) >= 11 is 2.77. The van der Waals surface area contributed by atoms with Crippen molar-refractivity contribution in [2.45, 2.75) is 37.4 Å². The van der Waals surface area contributed by atoms with Crippen molar-refractivity contribution < 1.29 is 15.0 Å². The number of phenols is 2. The van der Waals surface area contributed by atoms with E-state index in [-0.39, 0.29) is 34.2 Å². The highest BCUT2D eigenvalue weighted by atomic mass is 32.2. The maximum absolute atomic E-state index is 13.2. The molecule has 0 bridgehead atoms. The van der Waals surface area contributed by atoms with Crippen molar-refractivity contribution in [3.63, 3.8) is 0 Å². The number of benzene rings is 1. The largest absolute Gasteiger partial charge is 0.504 e. The Morgan fingerprint density at radius 1 is 1.28 bits per heavy atom. The molecule has 29 heavy (non-hydrogen) atoms. The first-order chi connectivity index (χ1) is 14.0. The van der Waals surface area contributed by atoms with Crippen LogP contribution in [0.4, 0.5) is 0 Å². The van der Waals surface area contributed by atoms with E-state index in [4.69, 9.17) is 4.98 Å². The highest BCUT2D eigenvalue weighted by molar-refractivity contribution is 7.99. The van der Waals surface area contributed by atoms with Crippen LogP contribution in [-0.2, 0) is 19.4 Å². The van der Waals surface area contributed by atoms with E-state index in [1.807, 2.05) is 0 Å². The maximum atomic E-state index is 13.2. The van der Waals surface area contributed by atoms with Gasteiger partial charge in [0.25, 0.3) is 5.56 Å². The number of hydrogen-bond donors (Lipinski definition) is 2. The Kier molecular flexibility index (Phi) is 5.47.